The second kappa shape index (κ2) is 5.94. The lowest BCUT2D eigenvalue weighted by molar-refractivity contribution is 0.323. The second-order valence-electron chi connectivity index (χ2n) is 5.12. The van der Waals surface area contributed by atoms with E-state index >= 15 is 0 Å². The maximum absolute atomic E-state index is 9.36. The van der Waals surface area contributed by atoms with E-state index < -0.39 is 5.41 Å². The van der Waals surface area contributed by atoms with Gasteiger partial charge in [0.25, 0.3) is 0 Å². The van der Waals surface area contributed by atoms with Gasteiger partial charge in [-0.2, -0.15) is 5.26 Å². The van der Waals surface area contributed by atoms with Crippen LogP contribution in [0.5, 0.6) is 11.5 Å². The third-order valence-electron chi connectivity index (χ3n) is 3.37. The molecule has 1 N–H and O–H groups in total. The predicted octanol–water partition coefficient (Wildman–Crippen LogP) is 2.82. The zero-order valence-electron chi connectivity index (χ0n) is 12.5. The molecular formula is C15H22N2O2. The van der Waals surface area contributed by atoms with Gasteiger partial charge in [-0.15, -0.1) is 0 Å². The molecule has 1 aromatic rings. The van der Waals surface area contributed by atoms with Crippen molar-refractivity contribution in [1.82, 2.24) is 5.32 Å². The Balaban J connectivity index is 3.44. The number of nitrogens with one attached hydrogen (secondary N) is 1. The SMILES string of the molecule is CNC(c1c(C)cc(OC)cc1OC)C(C)(C)C#N. The molecule has 0 heterocycles. The number of hydrogen-bond donors (Lipinski definition) is 1. The number of nitriles is 1. The van der Waals surface area contributed by atoms with Gasteiger partial charge in [-0.05, 0) is 39.4 Å². The second-order valence-corrected chi connectivity index (χ2v) is 5.12. The van der Waals surface area contributed by atoms with Crippen LogP contribution in [0.1, 0.15) is 31.0 Å². The number of rotatable bonds is 5. The van der Waals surface area contributed by atoms with E-state index in [0.29, 0.717) is 0 Å². The Hall–Kier alpha value is -1.73. The van der Waals surface area contributed by atoms with E-state index in [2.05, 4.69) is 11.4 Å². The Morgan fingerprint density at radius 1 is 1.26 bits per heavy atom. The normalized spacial score (nSPS) is 12.7. The summed E-state index contributed by atoms with van der Waals surface area (Å²) in [6.07, 6.45) is 0. The van der Waals surface area contributed by atoms with Gasteiger partial charge >= 0.3 is 0 Å². The van der Waals surface area contributed by atoms with E-state index in [9.17, 15) is 5.26 Å². The molecule has 0 aromatic heterocycles. The monoisotopic (exact) mass is 262 g/mol. The fourth-order valence-corrected chi connectivity index (χ4v) is 2.32. The van der Waals surface area contributed by atoms with E-state index in [1.54, 1.807) is 14.2 Å². The van der Waals surface area contributed by atoms with Crippen molar-refractivity contribution in [3.05, 3.63) is 23.3 Å². The summed E-state index contributed by atoms with van der Waals surface area (Å²) in [5.74, 6) is 1.49. The van der Waals surface area contributed by atoms with Crippen LogP contribution in [0, 0.1) is 23.7 Å². The summed E-state index contributed by atoms with van der Waals surface area (Å²) in [5.41, 5.74) is 1.50. The number of aryl methyl sites for hydroxylation is 1. The van der Waals surface area contributed by atoms with E-state index in [-0.39, 0.29) is 6.04 Å². The van der Waals surface area contributed by atoms with Crippen molar-refractivity contribution in [2.24, 2.45) is 5.41 Å². The molecule has 1 rings (SSSR count). The third-order valence-corrected chi connectivity index (χ3v) is 3.37. The molecule has 4 heteroatoms. The summed E-state index contributed by atoms with van der Waals surface area (Å²) in [4.78, 5) is 0. The first kappa shape index (κ1) is 15.3. The zero-order valence-corrected chi connectivity index (χ0v) is 12.5. The minimum absolute atomic E-state index is 0.113. The highest BCUT2D eigenvalue weighted by Gasteiger charge is 2.33. The molecular weight excluding hydrogens is 240 g/mol. The molecule has 0 bridgehead atoms. The fourth-order valence-electron chi connectivity index (χ4n) is 2.32. The first-order valence-electron chi connectivity index (χ1n) is 6.22. The summed E-state index contributed by atoms with van der Waals surface area (Å²) in [5, 5.41) is 12.6. The number of nitrogens with zero attached hydrogens (tertiary/aromatic N) is 1. The topological polar surface area (TPSA) is 54.3 Å². The van der Waals surface area contributed by atoms with Crippen LogP contribution in [-0.2, 0) is 0 Å². The Morgan fingerprint density at radius 2 is 1.89 bits per heavy atom. The fraction of sp³-hybridized carbons (Fsp3) is 0.533. The van der Waals surface area contributed by atoms with Gasteiger partial charge in [0, 0.05) is 11.6 Å². The molecule has 1 unspecified atom stereocenters. The molecule has 0 radical (unpaired) electrons. The summed E-state index contributed by atoms with van der Waals surface area (Å²) >= 11 is 0. The number of benzene rings is 1. The lowest BCUT2D eigenvalue weighted by Gasteiger charge is -2.30. The third kappa shape index (κ3) is 2.99. The van der Waals surface area contributed by atoms with Crippen LogP contribution in [0.4, 0.5) is 0 Å². The van der Waals surface area contributed by atoms with Gasteiger partial charge in [-0.3, -0.25) is 0 Å². The van der Waals surface area contributed by atoms with Gasteiger partial charge in [-0.25, -0.2) is 0 Å². The summed E-state index contributed by atoms with van der Waals surface area (Å²) < 4.78 is 10.7. The van der Waals surface area contributed by atoms with Gasteiger partial charge in [0.05, 0.1) is 31.7 Å². The number of ether oxygens (including phenoxy) is 2. The van der Waals surface area contributed by atoms with Crippen molar-refractivity contribution in [2.45, 2.75) is 26.8 Å². The van der Waals surface area contributed by atoms with Crippen molar-refractivity contribution in [1.29, 1.82) is 5.26 Å². The molecule has 19 heavy (non-hydrogen) atoms. The van der Waals surface area contributed by atoms with E-state index in [1.807, 2.05) is 40.0 Å². The maximum atomic E-state index is 9.36. The Labute approximate surface area is 115 Å². The quantitative estimate of drug-likeness (QED) is 0.886. The first-order valence-corrected chi connectivity index (χ1v) is 6.22. The summed E-state index contributed by atoms with van der Waals surface area (Å²) in [6, 6.07) is 6.04. The standard InChI is InChI=1S/C15H22N2O2/c1-10-7-11(18-5)8-12(19-6)13(10)14(17-4)15(2,3)9-16/h7-8,14,17H,1-6H3. The predicted molar refractivity (Wildman–Crippen MR) is 75.5 cm³/mol. The van der Waals surface area contributed by atoms with Crippen molar-refractivity contribution in [2.75, 3.05) is 21.3 Å². The molecule has 104 valence electrons. The summed E-state index contributed by atoms with van der Waals surface area (Å²) in [7, 11) is 5.11. The van der Waals surface area contributed by atoms with E-state index in [4.69, 9.17) is 9.47 Å². The molecule has 0 amide bonds. The molecule has 0 aliphatic carbocycles. The largest absolute Gasteiger partial charge is 0.497 e. The Morgan fingerprint density at radius 3 is 2.32 bits per heavy atom. The molecule has 4 nitrogen and oxygen atoms in total. The van der Waals surface area contributed by atoms with Crippen LogP contribution in [-0.4, -0.2) is 21.3 Å². The zero-order chi connectivity index (χ0) is 14.6. The van der Waals surface area contributed by atoms with Gasteiger partial charge in [-0.1, -0.05) is 0 Å². The molecule has 1 aromatic carbocycles. The Kier molecular flexibility index (Phi) is 4.79. The molecule has 0 saturated heterocycles. The highest BCUT2D eigenvalue weighted by molar-refractivity contribution is 5.49. The van der Waals surface area contributed by atoms with Crippen LogP contribution >= 0.6 is 0 Å². The van der Waals surface area contributed by atoms with Gasteiger partial charge in [0.2, 0.25) is 0 Å². The van der Waals surface area contributed by atoms with E-state index in [0.717, 1.165) is 22.6 Å². The van der Waals surface area contributed by atoms with Crippen molar-refractivity contribution >= 4 is 0 Å². The van der Waals surface area contributed by atoms with Gasteiger partial charge in [0.1, 0.15) is 11.5 Å². The molecule has 1 atom stereocenters. The molecule has 0 spiro atoms. The lowest BCUT2D eigenvalue weighted by Crippen LogP contribution is -2.31. The van der Waals surface area contributed by atoms with Crippen molar-refractivity contribution in [3.63, 3.8) is 0 Å². The van der Waals surface area contributed by atoms with Crippen molar-refractivity contribution < 1.29 is 9.47 Å². The molecule has 0 fully saturated rings. The number of methoxy groups -OCH3 is 2. The first-order chi connectivity index (χ1) is 8.91. The van der Waals surface area contributed by atoms with Crippen LogP contribution in [0.25, 0.3) is 0 Å². The maximum Gasteiger partial charge on any atom is 0.127 e. The highest BCUT2D eigenvalue weighted by atomic mass is 16.5. The summed E-state index contributed by atoms with van der Waals surface area (Å²) in [6.45, 7) is 5.83. The van der Waals surface area contributed by atoms with Crippen molar-refractivity contribution in [3.8, 4) is 17.6 Å². The minimum atomic E-state index is -0.540. The average molecular weight is 262 g/mol. The molecule has 0 aliphatic rings. The average Bonchev–Trinajstić information content (AvgIpc) is 2.40. The van der Waals surface area contributed by atoms with E-state index in [1.165, 1.54) is 0 Å². The van der Waals surface area contributed by atoms with Crippen LogP contribution in [0.3, 0.4) is 0 Å². The Bertz CT molecular complexity index is 490. The van der Waals surface area contributed by atoms with Crippen LogP contribution in [0.2, 0.25) is 0 Å². The minimum Gasteiger partial charge on any atom is -0.497 e. The van der Waals surface area contributed by atoms with Gasteiger partial charge < -0.3 is 14.8 Å². The smallest absolute Gasteiger partial charge is 0.127 e. The number of hydrogen-bond acceptors (Lipinski definition) is 4. The lowest BCUT2D eigenvalue weighted by atomic mass is 9.80. The molecule has 0 aliphatic heterocycles. The van der Waals surface area contributed by atoms with Crippen LogP contribution < -0.4 is 14.8 Å². The highest BCUT2D eigenvalue weighted by Crippen LogP contribution is 2.40. The van der Waals surface area contributed by atoms with Gasteiger partial charge in [0.15, 0.2) is 0 Å². The van der Waals surface area contributed by atoms with Crippen LogP contribution in [0.15, 0.2) is 12.1 Å². The molecule has 0 saturated carbocycles.